The lowest BCUT2D eigenvalue weighted by molar-refractivity contribution is -0.632. The maximum Gasteiger partial charge on any atom is 0.278 e. The molecule has 140 valence electrons. The van der Waals surface area contributed by atoms with Crippen molar-refractivity contribution in [2.75, 3.05) is 12.3 Å². The van der Waals surface area contributed by atoms with Crippen LogP contribution in [0.2, 0.25) is 0 Å². The van der Waals surface area contributed by atoms with Crippen LogP contribution in [0.25, 0.3) is 16.7 Å². The summed E-state index contributed by atoms with van der Waals surface area (Å²) < 4.78 is 3.03. The molecule has 0 aliphatic heterocycles. The molecule has 1 aromatic carbocycles. The minimum absolute atomic E-state index is 0.241. The van der Waals surface area contributed by atoms with Gasteiger partial charge in [-0.25, -0.2) is 4.57 Å². The average Bonchev–Trinajstić information content (AvgIpc) is 2.72. The monoisotopic (exact) mass is 374 g/mol. The van der Waals surface area contributed by atoms with Crippen molar-refractivity contribution < 1.29 is 9.36 Å². The number of aromatic nitrogens is 3. The zero-order valence-corrected chi connectivity index (χ0v) is 15.4. The Labute approximate surface area is 161 Å². The van der Waals surface area contributed by atoms with E-state index < -0.39 is 0 Å². The largest absolute Gasteiger partial charge is 0.351 e. The number of anilines is 1. The first kappa shape index (κ1) is 17.7. The first-order chi connectivity index (χ1) is 13.6. The number of carbonyl (C=O) groups is 1. The first-order valence-corrected chi connectivity index (χ1v) is 8.98. The van der Waals surface area contributed by atoms with Crippen LogP contribution in [0.5, 0.6) is 0 Å². The zero-order valence-electron chi connectivity index (χ0n) is 15.4. The lowest BCUT2D eigenvalue weighted by Gasteiger charge is -2.09. The molecule has 0 atom stereocenters. The van der Waals surface area contributed by atoms with Gasteiger partial charge < -0.3 is 11.1 Å². The smallest absolute Gasteiger partial charge is 0.278 e. The van der Waals surface area contributed by atoms with Crippen molar-refractivity contribution in [1.29, 1.82) is 0 Å². The summed E-state index contributed by atoms with van der Waals surface area (Å²) in [4.78, 5) is 30.1. The summed E-state index contributed by atoms with van der Waals surface area (Å²) in [5, 5.41) is 3.22. The molecule has 7 nitrogen and oxygen atoms in total. The van der Waals surface area contributed by atoms with Crippen LogP contribution >= 0.6 is 0 Å². The third kappa shape index (κ3) is 3.07. The van der Waals surface area contributed by atoms with Crippen molar-refractivity contribution in [1.82, 2.24) is 14.7 Å². The summed E-state index contributed by atoms with van der Waals surface area (Å²) >= 11 is 0. The van der Waals surface area contributed by atoms with Crippen LogP contribution < -0.4 is 21.2 Å². The van der Waals surface area contributed by atoms with Crippen molar-refractivity contribution in [3.05, 3.63) is 82.3 Å². The number of nitrogens with two attached hydrogens (primary N) is 1. The third-order valence-corrected chi connectivity index (χ3v) is 4.78. The van der Waals surface area contributed by atoms with Crippen LogP contribution in [-0.2, 0) is 13.5 Å². The Balaban J connectivity index is 1.69. The molecule has 0 radical (unpaired) electrons. The number of fused-ring (bicyclic) bond motifs is 2. The number of pyridine rings is 2. The Kier molecular flexibility index (Phi) is 4.49. The predicted octanol–water partition coefficient (Wildman–Crippen LogP) is 1.23. The summed E-state index contributed by atoms with van der Waals surface area (Å²) in [5.74, 6) is -0.0552. The van der Waals surface area contributed by atoms with E-state index in [-0.39, 0.29) is 22.8 Å². The predicted molar refractivity (Wildman–Crippen MR) is 107 cm³/mol. The van der Waals surface area contributed by atoms with Crippen molar-refractivity contribution in [2.45, 2.75) is 6.42 Å². The van der Waals surface area contributed by atoms with Crippen LogP contribution in [0.4, 0.5) is 5.82 Å². The van der Waals surface area contributed by atoms with Gasteiger partial charge in [-0.15, -0.1) is 0 Å². The van der Waals surface area contributed by atoms with E-state index in [1.807, 2.05) is 36.4 Å². The van der Waals surface area contributed by atoms with Crippen LogP contribution in [-0.4, -0.2) is 21.8 Å². The zero-order chi connectivity index (χ0) is 19.7. The quantitative estimate of drug-likeness (QED) is 0.415. The van der Waals surface area contributed by atoms with E-state index in [4.69, 9.17) is 5.73 Å². The molecule has 3 aromatic heterocycles. The molecule has 4 aromatic rings. The number of aryl methyl sites for hydroxylation is 1. The molecule has 0 saturated heterocycles. The highest BCUT2D eigenvalue weighted by molar-refractivity contribution is 6.00. The second kappa shape index (κ2) is 7.11. The minimum Gasteiger partial charge on any atom is -0.351 e. The number of rotatable bonds is 4. The highest BCUT2D eigenvalue weighted by Crippen LogP contribution is 2.13. The van der Waals surface area contributed by atoms with E-state index in [2.05, 4.69) is 10.3 Å². The number of carbonyl (C=O) groups excluding carboxylic acids is 1. The fraction of sp³-hybridized carbons (Fsp3) is 0.143. The van der Waals surface area contributed by atoms with E-state index in [0.29, 0.717) is 29.6 Å². The highest BCUT2D eigenvalue weighted by atomic mass is 16.1. The van der Waals surface area contributed by atoms with Crippen LogP contribution in [0.1, 0.15) is 15.9 Å². The number of nitrogens with zero attached hydrogens (tertiary/aromatic N) is 3. The van der Waals surface area contributed by atoms with Gasteiger partial charge in [0.15, 0.2) is 0 Å². The Morgan fingerprint density at radius 1 is 1.18 bits per heavy atom. The van der Waals surface area contributed by atoms with Gasteiger partial charge in [0.1, 0.15) is 10.9 Å². The number of nitrogen functional groups attached to an aromatic ring is 1. The molecule has 7 heteroatoms. The summed E-state index contributed by atoms with van der Waals surface area (Å²) in [5.41, 5.74) is 8.30. The van der Waals surface area contributed by atoms with E-state index in [1.54, 1.807) is 29.9 Å². The van der Waals surface area contributed by atoms with E-state index >= 15 is 0 Å². The van der Waals surface area contributed by atoms with Crippen LogP contribution in [0.3, 0.4) is 0 Å². The fourth-order valence-electron chi connectivity index (χ4n) is 3.23. The third-order valence-electron chi connectivity index (χ3n) is 4.78. The maximum absolute atomic E-state index is 12.9. The van der Waals surface area contributed by atoms with E-state index in [9.17, 15) is 9.59 Å². The lowest BCUT2D eigenvalue weighted by atomic mass is 10.1. The maximum atomic E-state index is 12.9. The summed E-state index contributed by atoms with van der Waals surface area (Å²) in [7, 11) is 1.70. The summed E-state index contributed by atoms with van der Waals surface area (Å²) in [6, 6.07) is 16.7. The average molecular weight is 374 g/mol. The van der Waals surface area contributed by atoms with Crippen molar-refractivity contribution in [2.24, 2.45) is 7.05 Å². The Bertz CT molecular complexity index is 1250. The van der Waals surface area contributed by atoms with Gasteiger partial charge in [-0.1, -0.05) is 41.4 Å². The molecule has 0 bridgehead atoms. The number of hydrogen-bond acceptors (Lipinski definition) is 4. The standard InChI is InChI=1S/C21H19N5O2/c1-25-18(22)15(20(27)23-11-10-14-7-3-2-4-8-14)13-16-19(25)24-17-9-5-6-12-26(17)21(16)28/h2-9,12-13,22H,10-11H2,1H3,(H,23,27)/p+1. The van der Waals surface area contributed by atoms with Gasteiger partial charge in [0.25, 0.3) is 17.1 Å². The van der Waals surface area contributed by atoms with Gasteiger partial charge >= 0.3 is 0 Å². The fourth-order valence-corrected chi connectivity index (χ4v) is 3.23. The van der Waals surface area contributed by atoms with E-state index in [1.165, 1.54) is 10.5 Å². The van der Waals surface area contributed by atoms with Crippen molar-refractivity contribution in [3.8, 4) is 0 Å². The number of amides is 1. The first-order valence-electron chi connectivity index (χ1n) is 8.98. The topological polar surface area (TPSA) is 93.4 Å². The number of hydrogen-bond donors (Lipinski definition) is 2. The van der Waals surface area contributed by atoms with E-state index in [0.717, 1.165) is 5.56 Å². The summed E-state index contributed by atoms with van der Waals surface area (Å²) in [6.45, 7) is 0.471. The Morgan fingerprint density at radius 2 is 1.93 bits per heavy atom. The molecular formula is C21H20N5O2+. The summed E-state index contributed by atoms with van der Waals surface area (Å²) in [6.07, 6.45) is 2.36. The molecule has 0 fully saturated rings. The molecule has 0 aliphatic carbocycles. The molecule has 3 heterocycles. The molecule has 0 spiro atoms. The van der Waals surface area contributed by atoms with Crippen LogP contribution in [0, 0.1) is 0 Å². The molecule has 4 rings (SSSR count). The Morgan fingerprint density at radius 3 is 2.71 bits per heavy atom. The van der Waals surface area contributed by atoms with Gasteiger partial charge in [0, 0.05) is 12.7 Å². The van der Waals surface area contributed by atoms with Gasteiger partial charge in [-0.3, -0.25) is 14.0 Å². The lowest BCUT2D eigenvalue weighted by Crippen LogP contribution is -2.39. The SMILES string of the molecule is C[n+]1c(N)c(C(=O)NCCc2ccccc2)cc2c(=O)n3ccccc3nc21. The van der Waals surface area contributed by atoms with Crippen molar-refractivity contribution >= 4 is 28.4 Å². The highest BCUT2D eigenvalue weighted by Gasteiger charge is 2.22. The molecular weight excluding hydrogens is 354 g/mol. The molecule has 1 amide bonds. The molecule has 0 saturated carbocycles. The minimum atomic E-state index is -0.316. The van der Waals surface area contributed by atoms with Crippen LogP contribution in [0.15, 0.2) is 65.6 Å². The Hall–Kier alpha value is -3.74. The van der Waals surface area contributed by atoms with Gasteiger partial charge in [0.05, 0.1) is 7.05 Å². The molecule has 0 aliphatic rings. The normalized spacial score (nSPS) is 11.0. The number of benzene rings is 1. The van der Waals surface area contributed by atoms with Crippen molar-refractivity contribution in [3.63, 3.8) is 0 Å². The van der Waals surface area contributed by atoms with Gasteiger partial charge in [-0.05, 0) is 30.2 Å². The molecule has 3 N–H and O–H groups in total. The second-order valence-corrected chi connectivity index (χ2v) is 6.58. The second-order valence-electron chi connectivity index (χ2n) is 6.58. The molecule has 28 heavy (non-hydrogen) atoms. The van der Waals surface area contributed by atoms with Gasteiger partial charge in [-0.2, -0.15) is 0 Å². The number of nitrogens with one attached hydrogen (secondary N) is 1. The molecule has 0 unspecified atom stereocenters. The van der Waals surface area contributed by atoms with Gasteiger partial charge in [0.2, 0.25) is 11.5 Å².